The second-order valence-corrected chi connectivity index (χ2v) is 8.46. The number of sulfonamides is 1. The zero-order valence-corrected chi connectivity index (χ0v) is 14.2. The fourth-order valence-corrected chi connectivity index (χ4v) is 3.83. The first kappa shape index (κ1) is 17.8. The largest absolute Gasteiger partial charge is 0.340 e. The molecule has 0 unspecified atom stereocenters. The maximum absolute atomic E-state index is 13.3. The van der Waals surface area contributed by atoms with E-state index in [0.29, 0.717) is 6.07 Å². The minimum Gasteiger partial charge on any atom is -0.340 e. The summed E-state index contributed by atoms with van der Waals surface area (Å²) < 4.78 is 52.3. The Morgan fingerprint density at radius 1 is 1.04 bits per heavy atom. The second kappa shape index (κ2) is 6.16. The van der Waals surface area contributed by atoms with Crippen molar-refractivity contribution in [2.45, 2.75) is 25.7 Å². The monoisotopic (exact) mass is 346 g/mol. The molecule has 0 aliphatic carbocycles. The van der Waals surface area contributed by atoms with Gasteiger partial charge in [-0.15, -0.1) is 0 Å². The van der Waals surface area contributed by atoms with Crippen molar-refractivity contribution in [2.75, 3.05) is 26.2 Å². The van der Waals surface area contributed by atoms with Crippen molar-refractivity contribution in [3.63, 3.8) is 0 Å². The Kier molecular flexibility index (Phi) is 4.77. The van der Waals surface area contributed by atoms with Gasteiger partial charge in [0, 0.05) is 31.6 Å². The zero-order chi connectivity index (χ0) is 17.4. The summed E-state index contributed by atoms with van der Waals surface area (Å²) in [5.41, 5.74) is -0.527. The van der Waals surface area contributed by atoms with Crippen LogP contribution in [0.5, 0.6) is 0 Å². The molecule has 1 saturated heterocycles. The predicted octanol–water partition coefficient (Wildman–Crippen LogP) is 1.84. The Bertz CT molecular complexity index is 706. The molecule has 8 heteroatoms. The first-order valence-electron chi connectivity index (χ1n) is 7.28. The summed E-state index contributed by atoms with van der Waals surface area (Å²) in [5.74, 6) is -2.33. The van der Waals surface area contributed by atoms with Gasteiger partial charge in [0.2, 0.25) is 15.9 Å². The number of nitrogens with zero attached hydrogens (tertiary/aromatic N) is 2. The van der Waals surface area contributed by atoms with Gasteiger partial charge in [0.15, 0.2) is 11.6 Å². The Hall–Kier alpha value is -1.54. The summed E-state index contributed by atoms with van der Waals surface area (Å²) in [7, 11) is -3.90. The van der Waals surface area contributed by atoms with E-state index in [1.54, 1.807) is 25.7 Å². The van der Waals surface area contributed by atoms with Crippen molar-refractivity contribution in [2.24, 2.45) is 5.41 Å². The quantitative estimate of drug-likeness (QED) is 0.821. The average molecular weight is 346 g/mol. The number of carbonyl (C=O) groups is 1. The van der Waals surface area contributed by atoms with Crippen LogP contribution < -0.4 is 0 Å². The Balaban J connectivity index is 2.12. The van der Waals surface area contributed by atoms with E-state index in [9.17, 15) is 22.0 Å². The van der Waals surface area contributed by atoms with E-state index < -0.39 is 27.1 Å². The molecule has 1 fully saturated rings. The smallest absolute Gasteiger partial charge is 0.243 e. The topological polar surface area (TPSA) is 57.7 Å². The van der Waals surface area contributed by atoms with Crippen molar-refractivity contribution in [1.29, 1.82) is 0 Å². The molecular weight excluding hydrogens is 326 g/mol. The van der Waals surface area contributed by atoms with Crippen LogP contribution in [0.4, 0.5) is 8.78 Å². The molecule has 128 valence electrons. The van der Waals surface area contributed by atoms with E-state index >= 15 is 0 Å². The second-order valence-electron chi connectivity index (χ2n) is 6.52. The van der Waals surface area contributed by atoms with Gasteiger partial charge in [-0.25, -0.2) is 17.2 Å². The first-order chi connectivity index (χ1) is 10.5. The lowest BCUT2D eigenvalue weighted by atomic mass is 9.94. The molecular formula is C15H20F2N2O3S. The van der Waals surface area contributed by atoms with E-state index in [-0.39, 0.29) is 37.0 Å². The van der Waals surface area contributed by atoms with Gasteiger partial charge in [-0.2, -0.15) is 4.31 Å². The van der Waals surface area contributed by atoms with Gasteiger partial charge in [-0.3, -0.25) is 4.79 Å². The van der Waals surface area contributed by atoms with Crippen molar-refractivity contribution in [3.05, 3.63) is 29.8 Å². The highest BCUT2D eigenvalue weighted by molar-refractivity contribution is 7.89. The zero-order valence-electron chi connectivity index (χ0n) is 13.3. The van der Waals surface area contributed by atoms with Crippen molar-refractivity contribution in [1.82, 2.24) is 9.21 Å². The summed E-state index contributed by atoms with van der Waals surface area (Å²) in [6, 6.07) is 2.51. The number of hydrogen-bond donors (Lipinski definition) is 0. The molecule has 5 nitrogen and oxygen atoms in total. The van der Waals surface area contributed by atoms with Crippen molar-refractivity contribution in [3.8, 4) is 0 Å². The SMILES string of the molecule is CC(C)(C)C(=O)N1CCN(S(=O)(=O)c2ccc(F)c(F)c2)CC1. The van der Waals surface area contributed by atoms with Crippen molar-refractivity contribution >= 4 is 15.9 Å². The minimum atomic E-state index is -3.90. The number of hydrogen-bond acceptors (Lipinski definition) is 3. The Morgan fingerprint density at radius 2 is 1.61 bits per heavy atom. The highest BCUT2D eigenvalue weighted by Crippen LogP contribution is 2.22. The third-order valence-electron chi connectivity index (χ3n) is 3.70. The molecule has 1 amide bonds. The molecule has 1 aliphatic heterocycles. The van der Waals surface area contributed by atoms with Gasteiger partial charge < -0.3 is 4.90 Å². The maximum Gasteiger partial charge on any atom is 0.243 e. The summed E-state index contributed by atoms with van der Waals surface area (Å²) in [6.07, 6.45) is 0. The molecule has 1 aromatic carbocycles. The lowest BCUT2D eigenvalue weighted by Gasteiger charge is -2.37. The lowest BCUT2D eigenvalue weighted by molar-refractivity contribution is -0.140. The maximum atomic E-state index is 13.3. The van der Waals surface area contributed by atoms with E-state index in [1.165, 1.54) is 4.31 Å². The summed E-state index contributed by atoms with van der Waals surface area (Å²) in [6.45, 7) is 6.23. The Morgan fingerprint density at radius 3 is 2.09 bits per heavy atom. The summed E-state index contributed by atoms with van der Waals surface area (Å²) in [5, 5.41) is 0. The molecule has 0 aromatic heterocycles. The summed E-state index contributed by atoms with van der Waals surface area (Å²) in [4.78, 5) is 13.5. The van der Waals surface area contributed by atoms with E-state index in [1.807, 2.05) is 0 Å². The minimum absolute atomic E-state index is 0.0395. The molecule has 1 heterocycles. The van der Waals surface area contributed by atoms with Gasteiger partial charge in [0.25, 0.3) is 0 Å². The average Bonchev–Trinajstić information content (AvgIpc) is 2.48. The highest BCUT2D eigenvalue weighted by Gasteiger charge is 2.34. The lowest BCUT2D eigenvalue weighted by Crippen LogP contribution is -2.52. The molecule has 0 saturated carbocycles. The Labute approximate surface area is 134 Å². The molecule has 2 rings (SSSR count). The summed E-state index contributed by atoms with van der Waals surface area (Å²) >= 11 is 0. The molecule has 0 bridgehead atoms. The van der Waals surface area contributed by atoms with Gasteiger partial charge in [0.05, 0.1) is 4.90 Å². The number of carbonyl (C=O) groups excluding carboxylic acids is 1. The van der Waals surface area contributed by atoms with Crippen LogP contribution in [0, 0.1) is 17.0 Å². The van der Waals surface area contributed by atoms with Gasteiger partial charge in [-0.05, 0) is 18.2 Å². The molecule has 0 atom stereocenters. The van der Waals surface area contributed by atoms with Crippen LogP contribution in [0.25, 0.3) is 0 Å². The standard InChI is InChI=1S/C15H20F2N2O3S/c1-15(2,3)14(20)18-6-8-19(9-7-18)23(21,22)11-4-5-12(16)13(17)10-11/h4-5,10H,6-9H2,1-3H3. The fraction of sp³-hybridized carbons (Fsp3) is 0.533. The van der Waals surface area contributed by atoms with Crippen LogP contribution in [0.2, 0.25) is 0 Å². The predicted molar refractivity (Wildman–Crippen MR) is 81.2 cm³/mol. The molecule has 1 aliphatic rings. The van der Waals surface area contributed by atoms with E-state index in [0.717, 1.165) is 12.1 Å². The van der Waals surface area contributed by atoms with Gasteiger partial charge >= 0.3 is 0 Å². The number of amides is 1. The molecule has 0 radical (unpaired) electrons. The van der Waals surface area contributed by atoms with Gasteiger partial charge in [0.1, 0.15) is 0 Å². The molecule has 0 N–H and O–H groups in total. The van der Waals surface area contributed by atoms with E-state index in [4.69, 9.17) is 0 Å². The third kappa shape index (κ3) is 3.69. The molecule has 23 heavy (non-hydrogen) atoms. The number of rotatable bonds is 2. The fourth-order valence-electron chi connectivity index (χ4n) is 2.39. The molecule has 0 spiro atoms. The van der Waals surface area contributed by atoms with Crippen molar-refractivity contribution < 1.29 is 22.0 Å². The van der Waals surface area contributed by atoms with Crippen LogP contribution in [0.3, 0.4) is 0 Å². The van der Waals surface area contributed by atoms with Gasteiger partial charge in [-0.1, -0.05) is 20.8 Å². The first-order valence-corrected chi connectivity index (χ1v) is 8.72. The van der Waals surface area contributed by atoms with Crippen LogP contribution >= 0.6 is 0 Å². The highest BCUT2D eigenvalue weighted by atomic mass is 32.2. The van der Waals surface area contributed by atoms with Crippen LogP contribution in [0.15, 0.2) is 23.1 Å². The number of halogens is 2. The number of benzene rings is 1. The van der Waals surface area contributed by atoms with Crippen LogP contribution in [-0.4, -0.2) is 49.7 Å². The molecule has 1 aromatic rings. The van der Waals surface area contributed by atoms with Crippen LogP contribution in [-0.2, 0) is 14.8 Å². The number of piperazine rings is 1. The van der Waals surface area contributed by atoms with E-state index in [2.05, 4.69) is 0 Å². The third-order valence-corrected chi connectivity index (χ3v) is 5.59. The van der Waals surface area contributed by atoms with Crippen LogP contribution in [0.1, 0.15) is 20.8 Å². The normalized spacial score (nSPS) is 17.3.